The van der Waals surface area contributed by atoms with Crippen molar-refractivity contribution >= 4 is 46.4 Å². The first-order valence-electron chi connectivity index (χ1n) is 8.25. The van der Waals surface area contributed by atoms with E-state index in [-0.39, 0.29) is 10.7 Å². The number of ether oxygens (including phenoxy) is 2. The van der Waals surface area contributed by atoms with E-state index in [1.54, 1.807) is 24.3 Å². The Bertz CT molecular complexity index is 1020. The number of hydrogen-bond donors (Lipinski definition) is 0. The van der Waals surface area contributed by atoms with Crippen LogP contribution < -0.4 is 14.4 Å². The van der Waals surface area contributed by atoms with E-state index in [9.17, 15) is 9.59 Å². The molecule has 0 aromatic heterocycles. The Kier molecular flexibility index (Phi) is 4.64. The highest BCUT2D eigenvalue weighted by Crippen LogP contribution is 2.39. The van der Waals surface area contributed by atoms with E-state index in [0.29, 0.717) is 27.8 Å². The number of carbonyl (C=O) groups is 2. The Hall–Kier alpha value is -2.77. The molecule has 2 aromatic carbocycles. The van der Waals surface area contributed by atoms with Crippen LogP contribution in [-0.4, -0.2) is 37.8 Å². The van der Waals surface area contributed by atoms with Crippen molar-refractivity contribution in [3.63, 3.8) is 0 Å². The predicted octanol–water partition coefficient (Wildman–Crippen LogP) is 3.30. The number of fused-ring (bicyclic) bond motifs is 1. The van der Waals surface area contributed by atoms with Crippen LogP contribution in [0.25, 0.3) is 0 Å². The lowest BCUT2D eigenvalue weighted by Gasteiger charge is -2.17. The van der Waals surface area contributed by atoms with Crippen LogP contribution in [0.4, 0.5) is 5.69 Å². The molecular formula is C19H14Cl2N2O5. The van der Waals surface area contributed by atoms with Gasteiger partial charge < -0.3 is 14.3 Å². The average Bonchev–Trinajstić information content (AvgIpc) is 3.22. The summed E-state index contributed by atoms with van der Waals surface area (Å²) in [5.74, 6) is -0.868. The van der Waals surface area contributed by atoms with Crippen molar-refractivity contribution in [3.05, 3.63) is 52.0 Å². The van der Waals surface area contributed by atoms with E-state index in [0.717, 1.165) is 4.90 Å². The molecule has 2 aromatic rings. The van der Waals surface area contributed by atoms with Crippen molar-refractivity contribution in [1.82, 2.24) is 0 Å². The van der Waals surface area contributed by atoms with Gasteiger partial charge in [0.25, 0.3) is 5.91 Å². The van der Waals surface area contributed by atoms with E-state index >= 15 is 0 Å². The number of rotatable bonds is 4. The van der Waals surface area contributed by atoms with Crippen molar-refractivity contribution in [2.45, 2.75) is 6.10 Å². The SMILES string of the molecule is COc1ccc(C2=NO[C@@H]3C(=O)N(c4ccc(Cl)cc4Cl)C(=O)[C@H]23)cc1OC. The molecule has 0 spiro atoms. The maximum absolute atomic E-state index is 13.1. The van der Waals surface area contributed by atoms with Gasteiger partial charge in [-0.25, -0.2) is 4.90 Å². The number of hydrogen-bond acceptors (Lipinski definition) is 6. The number of carbonyl (C=O) groups excluding carboxylic acids is 2. The number of benzene rings is 2. The average molecular weight is 421 g/mol. The highest BCUT2D eigenvalue weighted by molar-refractivity contribution is 6.40. The summed E-state index contributed by atoms with van der Waals surface area (Å²) in [4.78, 5) is 32.2. The van der Waals surface area contributed by atoms with E-state index < -0.39 is 23.8 Å². The zero-order valence-electron chi connectivity index (χ0n) is 14.8. The normalized spacial score (nSPS) is 20.7. The van der Waals surface area contributed by atoms with Gasteiger partial charge in [-0.2, -0.15) is 0 Å². The maximum atomic E-state index is 13.1. The molecule has 1 saturated heterocycles. The zero-order valence-corrected chi connectivity index (χ0v) is 16.3. The number of halogens is 2. The molecule has 0 N–H and O–H groups in total. The van der Waals surface area contributed by atoms with Crippen LogP contribution >= 0.6 is 23.2 Å². The summed E-state index contributed by atoms with van der Waals surface area (Å²) in [5.41, 5.74) is 1.19. The third kappa shape index (κ3) is 2.78. The molecule has 0 radical (unpaired) electrons. The van der Waals surface area contributed by atoms with Crippen LogP contribution in [0.15, 0.2) is 41.6 Å². The fourth-order valence-electron chi connectivity index (χ4n) is 3.31. The van der Waals surface area contributed by atoms with E-state index in [2.05, 4.69) is 5.16 Å². The molecule has 2 heterocycles. The lowest BCUT2D eigenvalue weighted by atomic mass is 9.94. The lowest BCUT2D eigenvalue weighted by molar-refractivity contribution is -0.126. The van der Waals surface area contributed by atoms with Gasteiger partial charge in [-0.05, 0) is 36.4 Å². The van der Waals surface area contributed by atoms with Gasteiger partial charge in [-0.3, -0.25) is 9.59 Å². The third-order valence-electron chi connectivity index (χ3n) is 4.64. The minimum Gasteiger partial charge on any atom is -0.493 e. The largest absolute Gasteiger partial charge is 0.493 e. The lowest BCUT2D eigenvalue weighted by Crippen LogP contribution is -2.33. The molecule has 2 atom stereocenters. The second kappa shape index (κ2) is 7.00. The summed E-state index contributed by atoms with van der Waals surface area (Å²) >= 11 is 12.1. The fourth-order valence-corrected chi connectivity index (χ4v) is 3.80. The second-order valence-corrected chi connectivity index (χ2v) is 7.00. The molecule has 0 saturated carbocycles. The highest BCUT2D eigenvalue weighted by atomic mass is 35.5. The molecule has 1 fully saturated rings. The van der Waals surface area contributed by atoms with Crippen LogP contribution in [0.1, 0.15) is 5.56 Å². The monoisotopic (exact) mass is 420 g/mol. The van der Waals surface area contributed by atoms with Crippen molar-refractivity contribution < 1.29 is 23.9 Å². The number of nitrogens with zero attached hydrogens (tertiary/aromatic N) is 2. The van der Waals surface area contributed by atoms with Crippen LogP contribution in [0, 0.1) is 5.92 Å². The van der Waals surface area contributed by atoms with Crippen molar-refractivity contribution in [2.24, 2.45) is 11.1 Å². The summed E-state index contributed by atoms with van der Waals surface area (Å²) in [6.07, 6.45) is -1.04. The molecule has 7 nitrogen and oxygen atoms in total. The summed E-state index contributed by atoms with van der Waals surface area (Å²) < 4.78 is 10.5. The molecule has 28 heavy (non-hydrogen) atoms. The van der Waals surface area contributed by atoms with Crippen molar-refractivity contribution in [3.8, 4) is 11.5 Å². The summed E-state index contributed by atoms with van der Waals surface area (Å²) in [6.45, 7) is 0. The molecule has 144 valence electrons. The smallest absolute Gasteiger partial charge is 0.279 e. The third-order valence-corrected chi connectivity index (χ3v) is 5.18. The predicted molar refractivity (Wildman–Crippen MR) is 103 cm³/mol. The first-order chi connectivity index (χ1) is 13.5. The minimum atomic E-state index is -1.04. The molecule has 4 rings (SSSR count). The van der Waals surface area contributed by atoms with Gasteiger partial charge >= 0.3 is 0 Å². The van der Waals surface area contributed by atoms with Crippen molar-refractivity contribution in [1.29, 1.82) is 0 Å². The molecule has 2 amide bonds. The Labute approximate surface area is 170 Å². The van der Waals surface area contributed by atoms with E-state index in [4.69, 9.17) is 37.5 Å². The van der Waals surface area contributed by atoms with Gasteiger partial charge in [0.05, 0.1) is 24.9 Å². The number of methoxy groups -OCH3 is 2. The Balaban J connectivity index is 1.71. The minimum absolute atomic E-state index is 0.193. The van der Waals surface area contributed by atoms with Gasteiger partial charge in [-0.1, -0.05) is 28.4 Å². The Morgan fingerprint density at radius 1 is 1.00 bits per heavy atom. The Morgan fingerprint density at radius 3 is 2.43 bits per heavy atom. The standard InChI is InChI=1S/C19H14Cl2N2O5/c1-26-13-6-3-9(7-14(13)27-2)16-15-17(28-22-16)19(25)23(18(15)24)12-5-4-10(20)8-11(12)21/h3-8,15,17H,1-2H3/t15-,17+/m1/s1. The molecule has 9 heteroatoms. The number of imide groups is 1. The highest BCUT2D eigenvalue weighted by Gasteiger charge is 2.56. The topological polar surface area (TPSA) is 77.4 Å². The first kappa shape index (κ1) is 18.6. The number of amides is 2. The molecular weight excluding hydrogens is 407 g/mol. The van der Waals surface area contributed by atoms with E-state index in [1.165, 1.54) is 26.4 Å². The zero-order chi connectivity index (χ0) is 20.0. The van der Waals surface area contributed by atoms with Gasteiger partial charge in [0, 0.05) is 10.6 Å². The van der Waals surface area contributed by atoms with Crippen LogP contribution in [0.3, 0.4) is 0 Å². The van der Waals surface area contributed by atoms with Crippen molar-refractivity contribution in [2.75, 3.05) is 19.1 Å². The second-order valence-electron chi connectivity index (χ2n) is 6.16. The van der Waals surface area contributed by atoms with Crippen LogP contribution in [0.5, 0.6) is 11.5 Å². The first-order valence-corrected chi connectivity index (χ1v) is 9.01. The number of anilines is 1. The molecule has 0 bridgehead atoms. The van der Waals surface area contributed by atoms with Gasteiger partial charge in [-0.15, -0.1) is 0 Å². The van der Waals surface area contributed by atoms with Crippen LogP contribution in [0.2, 0.25) is 10.0 Å². The van der Waals surface area contributed by atoms with Gasteiger partial charge in [0.15, 0.2) is 11.5 Å². The van der Waals surface area contributed by atoms with E-state index in [1.807, 2.05) is 0 Å². The van der Waals surface area contributed by atoms with Crippen LogP contribution in [-0.2, 0) is 14.4 Å². The molecule has 0 aliphatic carbocycles. The molecule has 2 aliphatic heterocycles. The molecule has 0 unspecified atom stereocenters. The summed E-state index contributed by atoms with van der Waals surface area (Å²) in [6, 6.07) is 9.65. The number of oxime groups is 1. The summed E-state index contributed by atoms with van der Waals surface area (Å²) in [5, 5.41) is 4.58. The van der Waals surface area contributed by atoms with Gasteiger partial charge in [0.2, 0.25) is 12.0 Å². The molecule has 2 aliphatic rings. The quantitative estimate of drug-likeness (QED) is 0.709. The maximum Gasteiger partial charge on any atom is 0.279 e. The fraction of sp³-hybridized carbons (Fsp3) is 0.211. The van der Waals surface area contributed by atoms with Gasteiger partial charge in [0.1, 0.15) is 11.6 Å². The summed E-state index contributed by atoms with van der Waals surface area (Å²) in [7, 11) is 3.03. The Morgan fingerprint density at radius 2 is 1.75 bits per heavy atom.